The van der Waals surface area contributed by atoms with Crippen molar-refractivity contribution in [2.45, 2.75) is 39.5 Å². The first-order valence-corrected chi connectivity index (χ1v) is 11.3. The fourth-order valence-corrected chi connectivity index (χ4v) is 4.63. The number of H-pyrrole nitrogens is 1. The summed E-state index contributed by atoms with van der Waals surface area (Å²) in [6, 6.07) is 5.52. The molecule has 3 heterocycles. The summed E-state index contributed by atoms with van der Waals surface area (Å²) in [5, 5.41) is 2.91. The Labute approximate surface area is 188 Å². The van der Waals surface area contributed by atoms with E-state index >= 15 is 0 Å². The van der Waals surface area contributed by atoms with E-state index in [1.54, 1.807) is 7.11 Å². The number of carbonyl (C=O) groups excluding carboxylic acids is 2. The number of likely N-dealkylation sites (tertiary alicyclic amines) is 1. The van der Waals surface area contributed by atoms with Gasteiger partial charge in [-0.15, -0.1) is 0 Å². The van der Waals surface area contributed by atoms with Gasteiger partial charge in [0.25, 0.3) is 5.91 Å². The zero-order chi connectivity index (χ0) is 22.7. The number of benzene rings is 1. The first-order valence-electron chi connectivity index (χ1n) is 11.3. The fourth-order valence-electron chi connectivity index (χ4n) is 4.63. The van der Waals surface area contributed by atoms with Crippen molar-refractivity contribution in [2.24, 2.45) is 0 Å². The van der Waals surface area contributed by atoms with Gasteiger partial charge in [-0.3, -0.25) is 4.79 Å². The largest absolute Gasteiger partial charge is 0.497 e. The number of esters is 1. The number of aromatic amines is 1. The molecule has 4 rings (SSSR count). The van der Waals surface area contributed by atoms with Crippen molar-refractivity contribution < 1.29 is 19.1 Å². The predicted octanol–water partition coefficient (Wildman–Crippen LogP) is 4.03. The summed E-state index contributed by atoms with van der Waals surface area (Å²) in [6.45, 7) is 7.30. The Hall–Kier alpha value is -3.06. The highest BCUT2D eigenvalue weighted by Crippen LogP contribution is 2.36. The average molecular weight is 438 g/mol. The number of aromatic nitrogens is 1. The topological polar surface area (TPSA) is 83.7 Å². The number of aryl methyl sites for hydroxylation is 1. The van der Waals surface area contributed by atoms with Crippen LogP contribution >= 0.6 is 0 Å². The van der Waals surface area contributed by atoms with Gasteiger partial charge in [-0.25, -0.2) is 4.79 Å². The summed E-state index contributed by atoms with van der Waals surface area (Å²) in [7, 11) is 1.60. The molecule has 2 aliphatic rings. The average Bonchev–Trinajstić information content (AvgIpc) is 3.47. The van der Waals surface area contributed by atoms with Gasteiger partial charge >= 0.3 is 5.97 Å². The van der Waals surface area contributed by atoms with Crippen LogP contribution < -0.4 is 10.1 Å². The van der Waals surface area contributed by atoms with Crippen molar-refractivity contribution in [1.82, 2.24) is 9.88 Å². The Morgan fingerprint density at radius 2 is 2.03 bits per heavy atom. The maximum absolute atomic E-state index is 12.7. The standard InChI is InChI=1S/C25H31N3O4/c1-4-32-25(30)23-16(2)26-22(18(23)8-7-13-28-11-5-6-12-28)15-20-19-14-17(31-3)9-10-21(19)27-24(20)29/h9-10,14-15,26H,4-8,11-13H2,1-3H3,(H,27,29). The molecular weight excluding hydrogens is 406 g/mol. The van der Waals surface area contributed by atoms with E-state index in [9.17, 15) is 9.59 Å². The summed E-state index contributed by atoms with van der Waals surface area (Å²) in [5.41, 5.74) is 5.15. The number of ether oxygens (including phenoxy) is 2. The number of anilines is 1. The smallest absolute Gasteiger partial charge is 0.340 e. The molecule has 2 N–H and O–H groups in total. The van der Waals surface area contributed by atoms with Gasteiger partial charge in [0.1, 0.15) is 5.75 Å². The monoisotopic (exact) mass is 437 g/mol. The zero-order valence-electron chi connectivity index (χ0n) is 19.0. The number of amides is 1. The van der Waals surface area contributed by atoms with Crippen LogP contribution in [0.15, 0.2) is 18.2 Å². The lowest BCUT2D eigenvalue weighted by Gasteiger charge is -2.14. The molecule has 0 unspecified atom stereocenters. The van der Waals surface area contributed by atoms with Crippen molar-refractivity contribution in [1.29, 1.82) is 0 Å². The summed E-state index contributed by atoms with van der Waals surface area (Å²) >= 11 is 0. The molecular formula is C25H31N3O4. The third-order valence-electron chi connectivity index (χ3n) is 6.20. The lowest BCUT2D eigenvalue weighted by molar-refractivity contribution is -0.110. The van der Waals surface area contributed by atoms with Crippen molar-refractivity contribution >= 4 is 29.2 Å². The number of methoxy groups -OCH3 is 1. The molecule has 0 saturated carbocycles. The second-order valence-electron chi connectivity index (χ2n) is 8.31. The Kier molecular flexibility index (Phi) is 6.65. The van der Waals surface area contributed by atoms with E-state index in [0.717, 1.165) is 60.7 Å². The second kappa shape index (κ2) is 9.61. The molecule has 2 aliphatic heterocycles. The molecule has 0 aliphatic carbocycles. The van der Waals surface area contributed by atoms with E-state index in [4.69, 9.17) is 9.47 Å². The minimum absolute atomic E-state index is 0.166. The van der Waals surface area contributed by atoms with Crippen LogP contribution in [0.25, 0.3) is 11.6 Å². The SMILES string of the molecule is CCOC(=O)c1c(C)[nH]c(C=C2C(=O)Nc3ccc(OC)cc32)c1CCCN1CCCC1. The van der Waals surface area contributed by atoms with Crippen LogP contribution in [0.5, 0.6) is 5.75 Å². The van der Waals surface area contributed by atoms with E-state index in [1.807, 2.05) is 38.1 Å². The quantitative estimate of drug-likeness (QED) is 0.481. The predicted molar refractivity (Wildman–Crippen MR) is 125 cm³/mol. The third-order valence-corrected chi connectivity index (χ3v) is 6.20. The molecule has 0 radical (unpaired) electrons. The maximum Gasteiger partial charge on any atom is 0.340 e. The molecule has 7 heteroatoms. The molecule has 0 atom stereocenters. The number of rotatable bonds is 8. The highest BCUT2D eigenvalue weighted by atomic mass is 16.5. The first-order chi connectivity index (χ1) is 15.5. The fraction of sp³-hybridized carbons (Fsp3) is 0.440. The Balaban J connectivity index is 1.69. The molecule has 1 amide bonds. The molecule has 1 fully saturated rings. The molecule has 2 aromatic rings. The first kappa shape index (κ1) is 22.1. The van der Waals surface area contributed by atoms with Crippen molar-refractivity contribution in [3.05, 3.63) is 46.3 Å². The van der Waals surface area contributed by atoms with Crippen molar-refractivity contribution in [3.8, 4) is 5.75 Å². The van der Waals surface area contributed by atoms with E-state index in [-0.39, 0.29) is 11.9 Å². The van der Waals surface area contributed by atoms with Crippen LogP contribution in [-0.2, 0) is 16.0 Å². The molecule has 1 saturated heterocycles. The van der Waals surface area contributed by atoms with E-state index in [0.29, 0.717) is 23.5 Å². The van der Waals surface area contributed by atoms with Gasteiger partial charge in [-0.2, -0.15) is 0 Å². The van der Waals surface area contributed by atoms with Gasteiger partial charge in [0.2, 0.25) is 0 Å². The number of fused-ring (bicyclic) bond motifs is 1. The number of nitrogens with one attached hydrogen (secondary N) is 2. The van der Waals surface area contributed by atoms with E-state index < -0.39 is 0 Å². The van der Waals surface area contributed by atoms with Crippen LogP contribution in [0.3, 0.4) is 0 Å². The van der Waals surface area contributed by atoms with E-state index in [2.05, 4.69) is 15.2 Å². The summed E-state index contributed by atoms with van der Waals surface area (Å²) in [5.74, 6) is 0.202. The van der Waals surface area contributed by atoms with Crippen LogP contribution in [-0.4, -0.2) is 55.1 Å². The molecule has 0 bridgehead atoms. The van der Waals surface area contributed by atoms with Gasteiger partial charge in [-0.05, 0) is 89.0 Å². The van der Waals surface area contributed by atoms with Gasteiger partial charge in [-0.1, -0.05) is 0 Å². The molecule has 170 valence electrons. The lowest BCUT2D eigenvalue weighted by atomic mass is 10.00. The highest BCUT2D eigenvalue weighted by molar-refractivity contribution is 6.35. The van der Waals surface area contributed by atoms with Crippen LogP contribution in [0.4, 0.5) is 5.69 Å². The van der Waals surface area contributed by atoms with Gasteiger partial charge in [0, 0.05) is 22.6 Å². The maximum atomic E-state index is 12.7. The molecule has 7 nitrogen and oxygen atoms in total. The Morgan fingerprint density at radius 1 is 1.25 bits per heavy atom. The normalized spacial score (nSPS) is 17.0. The molecule has 32 heavy (non-hydrogen) atoms. The van der Waals surface area contributed by atoms with Crippen LogP contribution in [0.1, 0.15) is 59.1 Å². The second-order valence-corrected chi connectivity index (χ2v) is 8.31. The number of hydrogen-bond donors (Lipinski definition) is 2. The van der Waals surface area contributed by atoms with Crippen molar-refractivity contribution in [2.75, 3.05) is 38.7 Å². The summed E-state index contributed by atoms with van der Waals surface area (Å²) in [6.07, 6.45) is 6.04. The number of carbonyl (C=O) groups is 2. The number of hydrogen-bond acceptors (Lipinski definition) is 5. The molecule has 1 aromatic carbocycles. The lowest BCUT2D eigenvalue weighted by Crippen LogP contribution is -2.21. The zero-order valence-corrected chi connectivity index (χ0v) is 19.0. The van der Waals surface area contributed by atoms with Gasteiger partial charge in [0.15, 0.2) is 0 Å². The molecule has 1 aromatic heterocycles. The van der Waals surface area contributed by atoms with Crippen LogP contribution in [0, 0.1) is 6.92 Å². The van der Waals surface area contributed by atoms with E-state index in [1.165, 1.54) is 12.8 Å². The highest BCUT2D eigenvalue weighted by Gasteiger charge is 2.27. The summed E-state index contributed by atoms with van der Waals surface area (Å²) < 4.78 is 10.7. The summed E-state index contributed by atoms with van der Waals surface area (Å²) in [4.78, 5) is 31.3. The van der Waals surface area contributed by atoms with Crippen LogP contribution in [0.2, 0.25) is 0 Å². The molecule has 0 spiro atoms. The Bertz CT molecular complexity index is 1050. The third kappa shape index (κ3) is 4.43. The van der Waals surface area contributed by atoms with Gasteiger partial charge < -0.3 is 24.7 Å². The number of nitrogens with zero attached hydrogens (tertiary/aromatic N) is 1. The van der Waals surface area contributed by atoms with Crippen molar-refractivity contribution in [3.63, 3.8) is 0 Å². The minimum atomic E-state index is -0.319. The van der Waals surface area contributed by atoms with Gasteiger partial charge in [0.05, 0.1) is 24.9 Å². The minimum Gasteiger partial charge on any atom is -0.497 e. The Morgan fingerprint density at radius 3 is 2.75 bits per heavy atom.